The first-order chi connectivity index (χ1) is 13.3. The SMILES string of the molecule is NC(=NCc1ccnc(N2CCCC2)c1)Nc1ccc2c(c1)OCCCO2. The molecule has 4 rings (SSSR count). The lowest BCUT2D eigenvalue weighted by molar-refractivity contribution is 0.297. The maximum atomic E-state index is 6.06. The van der Waals surface area contributed by atoms with Gasteiger partial charge in [0.2, 0.25) is 0 Å². The molecule has 0 amide bonds. The lowest BCUT2D eigenvalue weighted by atomic mass is 10.2. The van der Waals surface area contributed by atoms with Crippen LogP contribution in [0.25, 0.3) is 0 Å². The molecule has 0 bridgehead atoms. The van der Waals surface area contributed by atoms with Crippen molar-refractivity contribution in [1.82, 2.24) is 4.98 Å². The predicted octanol–water partition coefficient (Wildman–Crippen LogP) is 2.77. The van der Waals surface area contributed by atoms with E-state index in [4.69, 9.17) is 15.2 Å². The van der Waals surface area contributed by atoms with Crippen molar-refractivity contribution in [3.8, 4) is 11.5 Å². The van der Waals surface area contributed by atoms with Crippen LogP contribution in [0.3, 0.4) is 0 Å². The number of anilines is 2. The Morgan fingerprint density at radius 2 is 1.89 bits per heavy atom. The number of guanidine groups is 1. The molecule has 7 nitrogen and oxygen atoms in total. The summed E-state index contributed by atoms with van der Waals surface area (Å²) < 4.78 is 11.3. The Bertz CT molecular complexity index is 818. The first-order valence-electron chi connectivity index (χ1n) is 9.44. The van der Waals surface area contributed by atoms with Crippen LogP contribution in [-0.4, -0.2) is 37.2 Å². The second-order valence-electron chi connectivity index (χ2n) is 6.75. The van der Waals surface area contributed by atoms with Gasteiger partial charge in [0.25, 0.3) is 0 Å². The Balaban J connectivity index is 1.40. The molecular weight excluding hydrogens is 342 g/mol. The van der Waals surface area contributed by atoms with Crippen LogP contribution in [-0.2, 0) is 6.54 Å². The van der Waals surface area contributed by atoms with Crippen LogP contribution < -0.4 is 25.4 Å². The summed E-state index contributed by atoms with van der Waals surface area (Å²) in [7, 11) is 0. The highest BCUT2D eigenvalue weighted by molar-refractivity contribution is 5.92. The Hall–Kier alpha value is -2.96. The van der Waals surface area contributed by atoms with Crippen molar-refractivity contribution in [3.05, 3.63) is 42.1 Å². The Morgan fingerprint density at radius 3 is 2.74 bits per heavy atom. The molecule has 1 saturated heterocycles. The smallest absolute Gasteiger partial charge is 0.193 e. The van der Waals surface area contributed by atoms with E-state index in [1.165, 1.54) is 12.8 Å². The van der Waals surface area contributed by atoms with E-state index in [1.807, 2.05) is 30.5 Å². The van der Waals surface area contributed by atoms with E-state index in [1.54, 1.807) is 0 Å². The zero-order valence-electron chi connectivity index (χ0n) is 15.4. The van der Waals surface area contributed by atoms with E-state index in [9.17, 15) is 0 Å². The molecule has 7 heteroatoms. The molecule has 0 unspecified atom stereocenters. The summed E-state index contributed by atoms with van der Waals surface area (Å²) in [5.74, 6) is 2.88. The molecule has 3 heterocycles. The first-order valence-corrected chi connectivity index (χ1v) is 9.44. The van der Waals surface area contributed by atoms with Crippen LogP contribution in [0.4, 0.5) is 11.5 Å². The normalized spacial score (nSPS) is 16.9. The van der Waals surface area contributed by atoms with E-state index < -0.39 is 0 Å². The first kappa shape index (κ1) is 17.5. The molecule has 2 aromatic rings. The summed E-state index contributed by atoms with van der Waals surface area (Å²) in [5, 5.41) is 3.12. The zero-order chi connectivity index (χ0) is 18.5. The van der Waals surface area contributed by atoms with Crippen molar-refractivity contribution >= 4 is 17.5 Å². The summed E-state index contributed by atoms with van der Waals surface area (Å²) in [5.41, 5.74) is 7.98. The fraction of sp³-hybridized carbons (Fsp3) is 0.400. The molecule has 3 N–H and O–H groups in total. The lowest BCUT2D eigenvalue weighted by Crippen LogP contribution is -2.22. The molecular formula is C20H25N5O2. The third-order valence-corrected chi connectivity index (χ3v) is 4.69. The van der Waals surface area contributed by atoms with Gasteiger partial charge < -0.3 is 25.4 Å². The molecule has 0 atom stereocenters. The van der Waals surface area contributed by atoms with Gasteiger partial charge in [0.05, 0.1) is 19.8 Å². The van der Waals surface area contributed by atoms with Gasteiger partial charge in [-0.15, -0.1) is 0 Å². The molecule has 2 aliphatic heterocycles. The summed E-state index contributed by atoms with van der Waals surface area (Å²) >= 11 is 0. The number of rotatable bonds is 4. The molecule has 1 fully saturated rings. The second-order valence-corrected chi connectivity index (χ2v) is 6.75. The van der Waals surface area contributed by atoms with Crippen molar-refractivity contribution in [1.29, 1.82) is 0 Å². The fourth-order valence-electron chi connectivity index (χ4n) is 3.28. The van der Waals surface area contributed by atoms with Crippen molar-refractivity contribution < 1.29 is 9.47 Å². The van der Waals surface area contributed by atoms with Crippen molar-refractivity contribution in [2.24, 2.45) is 10.7 Å². The highest BCUT2D eigenvalue weighted by Gasteiger charge is 2.13. The molecule has 1 aromatic carbocycles. The lowest BCUT2D eigenvalue weighted by Gasteiger charge is -2.16. The number of aromatic nitrogens is 1. The van der Waals surface area contributed by atoms with Gasteiger partial charge in [0, 0.05) is 37.5 Å². The Kier molecular flexibility index (Phi) is 5.27. The highest BCUT2D eigenvalue weighted by Crippen LogP contribution is 2.32. The van der Waals surface area contributed by atoms with Crippen LogP contribution in [0.15, 0.2) is 41.5 Å². The maximum absolute atomic E-state index is 6.06. The molecule has 142 valence electrons. The summed E-state index contributed by atoms with van der Waals surface area (Å²) in [4.78, 5) is 11.2. The number of hydrogen-bond acceptors (Lipinski definition) is 5. The van der Waals surface area contributed by atoms with Crippen LogP contribution in [0, 0.1) is 0 Å². The largest absolute Gasteiger partial charge is 0.490 e. The minimum atomic E-state index is 0.365. The van der Waals surface area contributed by atoms with Gasteiger partial charge in [-0.05, 0) is 42.7 Å². The minimum absolute atomic E-state index is 0.365. The molecule has 0 spiro atoms. The molecule has 0 aliphatic carbocycles. The molecule has 1 aromatic heterocycles. The average Bonchev–Trinajstić information content (AvgIpc) is 3.13. The number of fused-ring (bicyclic) bond motifs is 1. The number of nitrogens with two attached hydrogens (primary N) is 1. The molecule has 2 aliphatic rings. The van der Waals surface area contributed by atoms with E-state index in [-0.39, 0.29) is 0 Å². The van der Waals surface area contributed by atoms with Crippen molar-refractivity contribution in [3.63, 3.8) is 0 Å². The molecule has 27 heavy (non-hydrogen) atoms. The monoisotopic (exact) mass is 367 g/mol. The van der Waals surface area contributed by atoms with E-state index in [2.05, 4.69) is 26.3 Å². The number of aliphatic imine (C=N–C) groups is 1. The van der Waals surface area contributed by atoms with Crippen molar-refractivity contribution in [2.75, 3.05) is 36.5 Å². The highest BCUT2D eigenvalue weighted by atomic mass is 16.5. The van der Waals surface area contributed by atoms with Gasteiger partial charge in [0.1, 0.15) is 5.82 Å². The average molecular weight is 367 g/mol. The zero-order valence-corrected chi connectivity index (χ0v) is 15.4. The van der Waals surface area contributed by atoms with Gasteiger partial charge in [-0.2, -0.15) is 0 Å². The summed E-state index contributed by atoms with van der Waals surface area (Å²) in [6.07, 6.45) is 5.19. The fourth-order valence-corrected chi connectivity index (χ4v) is 3.28. The number of ether oxygens (including phenoxy) is 2. The summed E-state index contributed by atoms with van der Waals surface area (Å²) in [6.45, 7) is 3.99. The van der Waals surface area contributed by atoms with E-state index in [0.29, 0.717) is 25.7 Å². The molecule has 0 saturated carbocycles. The van der Waals surface area contributed by atoms with Crippen molar-refractivity contribution in [2.45, 2.75) is 25.8 Å². The number of benzene rings is 1. The third-order valence-electron chi connectivity index (χ3n) is 4.69. The van der Waals surface area contributed by atoms with Gasteiger partial charge in [-0.1, -0.05) is 0 Å². The Morgan fingerprint density at radius 1 is 1.07 bits per heavy atom. The predicted molar refractivity (Wildman–Crippen MR) is 107 cm³/mol. The summed E-state index contributed by atoms with van der Waals surface area (Å²) in [6, 6.07) is 9.76. The maximum Gasteiger partial charge on any atom is 0.193 e. The van der Waals surface area contributed by atoms with E-state index >= 15 is 0 Å². The number of nitrogens with zero attached hydrogens (tertiary/aromatic N) is 3. The Labute approximate surface area is 159 Å². The number of nitrogens with one attached hydrogen (secondary N) is 1. The van der Waals surface area contributed by atoms with Crippen LogP contribution in [0.5, 0.6) is 11.5 Å². The van der Waals surface area contributed by atoms with Gasteiger partial charge in [-0.25, -0.2) is 9.98 Å². The minimum Gasteiger partial charge on any atom is -0.490 e. The van der Waals surface area contributed by atoms with Crippen LogP contribution in [0.1, 0.15) is 24.8 Å². The van der Waals surface area contributed by atoms with Crippen LogP contribution in [0.2, 0.25) is 0 Å². The second kappa shape index (κ2) is 8.16. The quantitative estimate of drug-likeness (QED) is 0.638. The third kappa shape index (κ3) is 4.42. The standard InChI is InChI=1S/C20H25N5O2/c21-20(24-16-4-5-17-18(13-16)27-11-3-10-26-17)23-14-15-6-7-22-19(12-15)25-8-1-2-9-25/h4-7,12-13H,1-3,8-11,14H2,(H3,21,23,24). The van der Waals surface area contributed by atoms with E-state index in [0.717, 1.165) is 48.1 Å². The van der Waals surface area contributed by atoms with Gasteiger partial charge in [0.15, 0.2) is 17.5 Å². The number of pyridine rings is 1. The van der Waals surface area contributed by atoms with Gasteiger partial charge in [-0.3, -0.25) is 0 Å². The number of hydrogen-bond donors (Lipinski definition) is 2. The topological polar surface area (TPSA) is 85.0 Å². The van der Waals surface area contributed by atoms with Gasteiger partial charge >= 0.3 is 0 Å². The van der Waals surface area contributed by atoms with Crippen LogP contribution >= 0.6 is 0 Å². The molecule has 0 radical (unpaired) electrons.